The fourth-order valence-corrected chi connectivity index (χ4v) is 2.33. The number of carbonyl (C=O) groups is 1. The molecule has 2 N–H and O–H groups in total. The third-order valence-electron chi connectivity index (χ3n) is 2.29. The van der Waals surface area contributed by atoms with Gasteiger partial charge in [0.15, 0.2) is 5.82 Å². The van der Waals surface area contributed by atoms with Gasteiger partial charge in [0.05, 0.1) is 10.6 Å². The number of thiophene rings is 1. The number of nitrogens with one attached hydrogen (secondary N) is 1. The number of hydrogen-bond acceptors (Lipinski definition) is 4. The summed E-state index contributed by atoms with van der Waals surface area (Å²) in [5.41, 5.74) is -0.699. The number of aryl methyl sites for hydroxylation is 2. The summed E-state index contributed by atoms with van der Waals surface area (Å²) in [6.45, 7) is 3.47. The molecule has 0 aliphatic heterocycles. The van der Waals surface area contributed by atoms with Gasteiger partial charge in [0.1, 0.15) is 5.56 Å². The summed E-state index contributed by atoms with van der Waals surface area (Å²) in [6.07, 6.45) is 0. The Morgan fingerprint density at radius 1 is 1.41 bits per heavy atom. The minimum Gasteiger partial charge on any atom is -0.477 e. The molecule has 6 heteroatoms. The van der Waals surface area contributed by atoms with E-state index in [0.717, 1.165) is 9.75 Å². The topological polar surface area (TPSA) is 83.0 Å². The summed E-state index contributed by atoms with van der Waals surface area (Å²) < 4.78 is 0. The minimum absolute atomic E-state index is 0.224. The third-order valence-corrected chi connectivity index (χ3v) is 3.30. The molecule has 2 aromatic rings. The Morgan fingerprint density at radius 3 is 2.59 bits per heavy atom. The summed E-state index contributed by atoms with van der Waals surface area (Å²) in [5, 5.41) is 8.85. The predicted octanol–water partition coefficient (Wildman–Crippen LogP) is 1.81. The van der Waals surface area contributed by atoms with E-state index in [9.17, 15) is 9.59 Å². The number of rotatable bonds is 2. The Morgan fingerprint density at radius 2 is 2.12 bits per heavy atom. The molecule has 17 heavy (non-hydrogen) atoms. The van der Waals surface area contributed by atoms with E-state index in [1.165, 1.54) is 18.3 Å². The lowest BCUT2D eigenvalue weighted by Gasteiger charge is -2.02. The number of H-pyrrole nitrogens is 1. The largest absolute Gasteiger partial charge is 0.477 e. The number of aromatic amines is 1. The molecule has 0 radical (unpaired) electrons. The van der Waals surface area contributed by atoms with Crippen LogP contribution in [0, 0.1) is 13.8 Å². The van der Waals surface area contributed by atoms with Crippen molar-refractivity contribution >= 4 is 17.3 Å². The zero-order chi connectivity index (χ0) is 12.6. The van der Waals surface area contributed by atoms with Crippen molar-refractivity contribution in [2.45, 2.75) is 13.8 Å². The maximum atomic E-state index is 11.6. The molecule has 0 bridgehead atoms. The molecule has 88 valence electrons. The average molecular weight is 250 g/mol. The summed E-state index contributed by atoms with van der Waals surface area (Å²) >= 11 is 1.49. The zero-order valence-corrected chi connectivity index (χ0v) is 10.1. The summed E-state index contributed by atoms with van der Waals surface area (Å²) in [6, 6.07) is 3.76. The van der Waals surface area contributed by atoms with E-state index in [0.29, 0.717) is 5.82 Å². The molecule has 0 aromatic carbocycles. The summed E-state index contributed by atoms with van der Waals surface area (Å²) in [7, 11) is 0. The fourth-order valence-electron chi connectivity index (χ4n) is 1.52. The quantitative estimate of drug-likeness (QED) is 0.851. The molecule has 0 unspecified atom stereocenters. The van der Waals surface area contributed by atoms with E-state index in [2.05, 4.69) is 9.97 Å². The minimum atomic E-state index is -1.26. The van der Waals surface area contributed by atoms with E-state index >= 15 is 0 Å². The van der Waals surface area contributed by atoms with Crippen molar-refractivity contribution in [2.75, 3.05) is 0 Å². The van der Waals surface area contributed by atoms with Gasteiger partial charge < -0.3 is 10.1 Å². The van der Waals surface area contributed by atoms with Crippen molar-refractivity contribution < 1.29 is 9.90 Å². The zero-order valence-electron chi connectivity index (χ0n) is 9.27. The first kappa shape index (κ1) is 11.5. The van der Waals surface area contributed by atoms with Crippen LogP contribution < -0.4 is 5.56 Å². The van der Waals surface area contributed by atoms with E-state index < -0.39 is 11.5 Å². The molecule has 0 amide bonds. The molecular formula is C11H10N2O3S. The summed E-state index contributed by atoms with van der Waals surface area (Å²) in [5.74, 6) is -0.847. The first-order valence-electron chi connectivity index (χ1n) is 4.90. The third kappa shape index (κ3) is 2.12. The van der Waals surface area contributed by atoms with Crippen LogP contribution in [0.4, 0.5) is 0 Å². The van der Waals surface area contributed by atoms with Crippen molar-refractivity contribution in [3.8, 4) is 10.7 Å². The van der Waals surface area contributed by atoms with Gasteiger partial charge in [-0.25, -0.2) is 9.78 Å². The Hall–Kier alpha value is -1.95. The molecule has 0 aliphatic carbocycles. The maximum absolute atomic E-state index is 11.6. The van der Waals surface area contributed by atoms with Gasteiger partial charge >= 0.3 is 5.97 Å². The Balaban J connectivity index is 2.60. The van der Waals surface area contributed by atoms with Crippen LogP contribution in [0.1, 0.15) is 20.9 Å². The van der Waals surface area contributed by atoms with Crippen molar-refractivity contribution in [1.29, 1.82) is 0 Å². The number of carboxylic acids is 1. The molecule has 0 saturated carbocycles. The molecular weight excluding hydrogens is 240 g/mol. The second-order valence-corrected chi connectivity index (χ2v) is 4.88. The molecule has 0 saturated heterocycles. The van der Waals surface area contributed by atoms with Crippen LogP contribution in [0.15, 0.2) is 16.9 Å². The molecule has 0 aliphatic rings. The van der Waals surface area contributed by atoms with E-state index in [1.807, 2.05) is 19.1 Å². The van der Waals surface area contributed by atoms with Crippen molar-refractivity contribution in [2.24, 2.45) is 0 Å². The Bertz CT molecular complexity index is 642. The second-order valence-electron chi connectivity index (χ2n) is 3.59. The highest BCUT2D eigenvalue weighted by Crippen LogP contribution is 2.24. The van der Waals surface area contributed by atoms with Crippen LogP contribution in [0.5, 0.6) is 0 Å². The van der Waals surface area contributed by atoms with Crippen LogP contribution in [0.2, 0.25) is 0 Å². The lowest BCUT2D eigenvalue weighted by molar-refractivity contribution is 0.0693. The van der Waals surface area contributed by atoms with Gasteiger partial charge in [-0.05, 0) is 26.0 Å². The first-order valence-corrected chi connectivity index (χ1v) is 5.71. The molecule has 0 spiro atoms. The normalized spacial score (nSPS) is 10.5. The van der Waals surface area contributed by atoms with Crippen LogP contribution >= 0.6 is 11.3 Å². The second kappa shape index (κ2) is 4.14. The fraction of sp³-hybridized carbons (Fsp3) is 0.182. The van der Waals surface area contributed by atoms with E-state index in [1.54, 1.807) is 0 Å². The number of nitrogens with zero attached hydrogens (tertiary/aromatic N) is 1. The van der Waals surface area contributed by atoms with Gasteiger partial charge in [-0.3, -0.25) is 4.79 Å². The van der Waals surface area contributed by atoms with Crippen molar-refractivity contribution in [3.63, 3.8) is 0 Å². The maximum Gasteiger partial charge on any atom is 0.343 e. The van der Waals surface area contributed by atoms with Gasteiger partial charge in [0.25, 0.3) is 5.56 Å². The Kier molecular flexibility index (Phi) is 2.81. The lowest BCUT2D eigenvalue weighted by Crippen LogP contribution is -2.21. The standard InChI is InChI=1S/C11H10N2O3S/c1-5-3-4-7(17-5)9-12-6(2)8(11(15)16)10(14)13-9/h3-4H,1-2H3,(H,15,16)(H,12,13,14). The molecule has 2 heterocycles. The number of hydrogen-bond donors (Lipinski definition) is 2. The average Bonchev–Trinajstić information content (AvgIpc) is 2.63. The predicted molar refractivity (Wildman–Crippen MR) is 64.6 cm³/mol. The van der Waals surface area contributed by atoms with Crippen LogP contribution in [0.3, 0.4) is 0 Å². The van der Waals surface area contributed by atoms with Crippen LogP contribution in [0.25, 0.3) is 10.7 Å². The van der Waals surface area contributed by atoms with E-state index in [4.69, 9.17) is 5.11 Å². The van der Waals surface area contributed by atoms with Gasteiger partial charge in [-0.2, -0.15) is 0 Å². The SMILES string of the molecule is Cc1ccc(-c2nc(C)c(C(=O)O)c(=O)[nH]2)s1. The number of aromatic carboxylic acids is 1. The van der Waals surface area contributed by atoms with Crippen molar-refractivity contribution in [3.05, 3.63) is 38.6 Å². The van der Waals surface area contributed by atoms with Gasteiger partial charge in [-0.1, -0.05) is 0 Å². The molecule has 0 atom stereocenters. The summed E-state index contributed by atoms with van der Waals surface area (Å²) in [4.78, 5) is 31.0. The lowest BCUT2D eigenvalue weighted by atomic mass is 10.2. The number of aromatic nitrogens is 2. The first-order chi connectivity index (χ1) is 7.99. The molecule has 2 rings (SSSR count). The highest BCUT2D eigenvalue weighted by molar-refractivity contribution is 7.15. The molecule has 5 nitrogen and oxygen atoms in total. The molecule has 2 aromatic heterocycles. The van der Waals surface area contributed by atoms with Crippen LogP contribution in [-0.4, -0.2) is 21.0 Å². The smallest absolute Gasteiger partial charge is 0.343 e. The van der Waals surface area contributed by atoms with Gasteiger partial charge in [0, 0.05) is 4.88 Å². The number of carboxylic acid groups (broad SMARTS) is 1. The van der Waals surface area contributed by atoms with Crippen molar-refractivity contribution in [1.82, 2.24) is 9.97 Å². The highest BCUT2D eigenvalue weighted by atomic mass is 32.1. The Labute approximate surface area is 101 Å². The molecule has 0 fully saturated rings. The van der Waals surface area contributed by atoms with E-state index in [-0.39, 0.29) is 11.3 Å². The van der Waals surface area contributed by atoms with Gasteiger partial charge in [0.2, 0.25) is 0 Å². The monoisotopic (exact) mass is 250 g/mol. The van der Waals surface area contributed by atoms with Gasteiger partial charge in [-0.15, -0.1) is 11.3 Å². The highest BCUT2D eigenvalue weighted by Gasteiger charge is 2.15. The van der Waals surface area contributed by atoms with Crippen LogP contribution in [-0.2, 0) is 0 Å².